The average molecular weight is 311 g/mol. The maximum atomic E-state index is 12.4. The van der Waals surface area contributed by atoms with Crippen LogP contribution in [0.2, 0.25) is 0 Å². The molecule has 7 heteroatoms. The van der Waals surface area contributed by atoms with Gasteiger partial charge in [-0.25, -0.2) is 4.98 Å². The van der Waals surface area contributed by atoms with Crippen LogP contribution in [0.4, 0.5) is 10.9 Å². The van der Waals surface area contributed by atoms with Crippen molar-refractivity contribution in [1.82, 2.24) is 10.3 Å². The fourth-order valence-corrected chi connectivity index (χ4v) is 2.98. The topological polar surface area (TPSA) is 97.3 Å². The summed E-state index contributed by atoms with van der Waals surface area (Å²) in [6, 6.07) is 0.225. The number of nitrogens with zero attached hydrogens (tertiary/aromatic N) is 2. The Morgan fingerprint density at radius 1 is 1.52 bits per heavy atom. The second-order valence-electron chi connectivity index (χ2n) is 6.77. The van der Waals surface area contributed by atoms with E-state index in [9.17, 15) is 4.79 Å². The van der Waals surface area contributed by atoms with Gasteiger partial charge in [-0.3, -0.25) is 4.79 Å². The van der Waals surface area contributed by atoms with Crippen LogP contribution < -0.4 is 21.7 Å². The molecule has 21 heavy (non-hydrogen) atoms. The third kappa shape index (κ3) is 3.65. The first kappa shape index (κ1) is 16.0. The number of hydrogen-bond donors (Lipinski definition) is 3. The van der Waals surface area contributed by atoms with Gasteiger partial charge in [0.2, 0.25) is 0 Å². The van der Waals surface area contributed by atoms with E-state index >= 15 is 0 Å². The molecule has 1 aromatic rings. The van der Waals surface area contributed by atoms with E-state index in [0.717, 1.165) is 24.6 Å². The highest BCUT2D eigenvalue weighted by Crippen LogP contribution is 2.30. The predicted octanol–water partition coefficient (Wildman–Crippen LogP) is 1.43. The normalized spacial score (nSPS) is 20.6. The minimum absolute atomic E-state index is 0.000334. The number of carbonyl (C=O) groups excluding carboxylic acids is 1. The molecule has 6 nitrogen and oxygen atoms in total. The Morgan fingerprint density at radius 2 is 2.19 bits per heavy atom. The van der Waals surface area contributed by atoms with Gasteiger partial charge in [-0.1, -0.05) is 32.1 Å². The van der Waals surface area contributed by atoms with Gasteiger partial charge in [0.15, 0.2) is 5.13 Å². The maximum absolute atomic E-state index is 12.4. The number of nitrogen functional groups attached to an aromatic ring is 1. The Kier molecular flexibility index (Phi) is 4.43. The first-order valence-corrected chi connectivity index (χ1v) is 8.08. The zero-order valence-corrected chi connectivity index (χ0v) is 14.0. The summed E-state index contributed by atoms with van der Waals surface area (Å²) in [5.74, 6) is 0.149. The summed E-state index contributed by atoms with van der Waals surface area (Å²) >= 11 is 1.34. The quantitative estimate of drug-likeness (QED) is 0.784. The summed E-state index contributed by atoms with van der Waals surface area (Å²) in [6.45, 7) is 9.90. The molecule has 1 aliphatic rings. The van der Waals surface area contributed by atoms with E-state index in [4.69, 9.17) is 11.5 Å². The number of carbonyl (C=O) groups is 1. The molecule has 118 valence electrons. The van der Waals surface area contributed by atoms with Crippen molar-refractivity contribution >= 4 is 28.2 Å². The van der Waals surface area contributed by atoms with E-state index in [1.165, 1.54) is 11.3 Å². The Hall–Kier alpha value is -1.34. The van der Waals surface area contributed by atoms with Gasteiger partial charge >= 0.3 is 0 Å². The molecule has 1 aliphatic heterocycles. The fourth-order valence-electron chi connectivity index (χ4n) is 2.06. The number of rotatable bonds is 3. The van der Waals surface area contributed by atoms with Crippen molar-refractivity contribution in [2.75, 3.05) is 23.7 Å². The molecule has 2 unspecified atom stereocenters. The number of thiazole rings is 1. The fraction of sp³-hybridized carbons (Fsp3) is 0.714. The van der Waals surface area contributed by atoms with E-state index in [0.29, 0.717) is 10.7 Å². The van der Waals surface area contributed by atoms with Crippen LogP contribution in [-0.4, -0.2) is 36.1 Å². The highest BCUT2D eigenvalue weighted by molar-refractivity contribution is 7.18. The molecule has 5 N–H and O–H groups in total. The Morgan fingerprint density at radius 3 is 2.71 bits per heavy atom. The lowest BCUT2D eigenvalue weighted by Crippen LogP contribution is -2.41. The number of nitrogens with two attached hydrogens (primary N) is 2. The summed E-state index contributed by atoms with van der Waals surface area (Å²) in [5.41, 5.74) is 11.8. The molecule has 1 saturated heterocycles. The van der Waals surface area contributed by atoms with Crippen LogP contribution in [-0.2, 0) is 0 Å². The average Bonchev–Trinajstić information content (AvgIpc) is 2.94. The molecule has 0 bridgehead atoms. The van der Waals surface area contributed by atoms with Gasteiger partial charge < -0.3 is 21.7 Å². The lowest BCUT2D eigenvalue weighted by atomic mass is 9.88. The van der Waals surface area contributed by atoms with Crippen molar-refractivity contribution in [2.24, 2.45) is 11.1 Å². The summed E-state index contributed by atoms with van der Waals surface area (Å²) < 4.78 is 0. The molecule has 2 heterocycles. The van der Waals surface area contributed by atoms with E-state index < -0.39 is 0 Å². The summed E-state index contributed by atoms with van der Waals surface area (Å²) in [4.78, 5) is 19.3. The molecule has 2 atom stereocenters. The van der Waals surface area contributed by atoms with Gasteiger partial charge in [0.1, 0.15) is 10.7 Å². The number of amides is 1. The van der Waals surface area contributed by atoms with Gasteiger partial charge in [-0.2, -0.15) is 0 Å². The number of nitrogens with one attached hydrogen (secondary N) is 1. The van der Waals surface area contributed by atoms with E-state index in [1.54, 1.807) is 0 Å². The van der Waals surface area contributed by atoms with Crippen molar-refractivity contribution in [3.63, 3.8) is 0 Å². The van der Waals surface area contributed by atoms with Crippen LogP contribution in [0, 0.1) is 5.41 Å². The van der Waals surface area contributed by atoms with E-state index in [1.807, 2.05) is 6.92 Å². The van der Waals surface area contributed by atoms with E-state index in [2.05, 4.69) is 36.0 Å². The summed E-state index contributed by atoms with van der Waals surface area (Å²) in [6.07, 6.45) is 0.947. The highest BCUT2D eigenvalue weighted by Gasteiger charge is 2.27. The molecule has 1 amide bonds. The molecular formula is C14H25N5OS. The lowest BCUT2D eigenvalue weighted by Gasteiger charge is -2.27. The smallest absolute Gasteiger partial charge is 0.265 e. The monoisotopic (exact) mass is 311 g/mol. The Balaban J connectivity index is 2.10. The van der Waals surface area contributed by atoms with Gasteiger partial charge in [0.05, 0.1) is 0 Å². The molecule has 0 spiro atoms. The molecule has 1 fully saturated rings. The highest BCUT2D eigenvalue weighted by atomic mass is 32.1. The van der Waals surface area contributed by atoms with Crippen LogP contribution >= 0.6 is 11.3 Å². The number of anilines is 2. The predicted molar refractivity (Wildman–Crippen MR) is 87.7 cm³/mol. The second kappa shape index (κ2) is 5.81. The van der Waals surface area contributed by atoms with Crippen LogP contribution in [0.3, 0.4) is 0 Å². The first-order valence-electron chi connectivity index (χ1n) is 7.26. The molecule has 2 rings (SSSR count). The maximum Gasteiger partial charge on any atom is 0.265 e. The SMILES string of the molecule is CC(NC(=O)c1sc(N2CCC(N)C2)nc1N)C(C)(C)C. The van der Waals surface area contributed by atoms with Gasteiger partial charge in [0, 0.05) is 25.2 Å². The van der Waals surface area contributed by atoms with Gasteiger partial charge in [-0.15, -0.1) is 0 Å². The van der Waals surface area contributed by atoms with Crippen molar-refractivity contribution in [3.05, 3.63) is 4.88 Å². The Bertz CT molecular complexity index is 522. The molecule has 1 aromatic heterocycles. The van der Waals surface area contributed by atoms with Gasteiger partial charge in [0.25, 0.3) is 5.91 Å². The van der Waals surface area contributed by atoms with Crippen LogP contribution in [0.15, 0.2) is 0 Å². The van der Waals surface area contributed by atoms with Crippen molar-refractivity contribution < 1.29 is 4.79 Å². The second-order valence-corrected chi connectivity index (χ2v) is 7.74. The van der Waals surface area contributed by atoms with Crippen LogP contribution in [0.5, 0.6) is 0 Å². The van der Waals surface area contributed by atoms with Crippen LogP contribution in [0.25, 0.3) is 0 Å². The number of hydrogen-bond acceptors (Lipinski definition) is 6. The summed E-state index contributed by atoms with van der Waals surface area (Å²) in [7, 11) is 0. The summed E-state index contributed by atoms with van der Waals surface area (Å²) in [5, 5.41) is 3.78. The largest absolute Gasteiger partial charge is 0.382 e. The minimum atomic E-state index is -0.151. The standard InChI is InChI=1S/C14H25N5OS/c1-8(14(2,3)4)17-12(20)10-11(16)18-13(21-10)19-6-5-9(15)7-19/h8-9H,5-7,15-16H2,1-4H3,(H,17,20). The van der Waals surface area contributed by atoms with Crippen LogP contribution in [0.1, 0.15) is 43.8 Å². The zero-order valence-electron chi connectivity index (χ0n) is 13.1. The zero-order chi connectivity index (χ0) is 15.8. The van der Waals surface area contributed by atoms with Gasteiger partial charge in [-0.05, 0) is 18.8 Å². The van der Waals surface area contributed by atoms with Crippen molar-refractivity contribution in [1.29, 1.82) is 0 Å². The molecule has 0 aliphatic carbocycles. The minimum Gasteiger partial charge on any atom is -0.382 e. The third-order valence-electron chi connectivity index (χ3n) is 3.99. The molecule has 0 radical (unpaired) electrons. The molecule has 0 aromatic carbocycles. The Labute approximate surface area is 129 Å². The molecule has 0 saturated carbocycles. The lowest BCUT2D eigenvalue weighted by molar-refractivity contribution is 0.0915. The van der Waals surface area contributed by atoms with Crippen molar-refractivity contribution in [3.8, 4) is 0 Å². The van der Waals surface area contributed by atoms with E-state index in [-0.39, 0.29) is 23.4 Å². The van der Waals surface area contributed by atoms with Crippen molar-refractivity contribution in [2.45, 2.75) is 46.2 Å². The number of aromatic nitrogens is 1. The molecular weight excluding hydrogens is 286 g/mol. The first-order chi connectivity index (χ1) is 9.68. The third-order valence-corrected chi connectivity index (χ3v) is 5.12.